The third-order valence-electron chi connectivity index (χ3n) is 2.41. The van der Waals surface area contributed by atoms with Crippen molar-refractivity contribution in [2.75, 3.05) is 0 Å². The van der Waals surface area contributed by atoms with Crippen LogP contribution in [0.4, 0.5) is 0 Å². The van der Waals surface area contributed by atoms with E-state index >= 15 is 0 Å². The van der Waals surface area contributed by atoms with Crippen LogP contribution in [0, 0.1) is 0 Å². The summed E-state index contributed by atoms with van der Waals surface area (Å²) in [5, 5.41) is 11.3. The zero-order valence-electron chi connectivity index (χ0n) is 10.2. The molecule has 2 heteroatoms. The van der Waals surface area contributed by atoms with E-state index in [9.17, 15) is 0 Å². The molecular formula is C16H14CaO. The van der Waals surface area contributed by atoms with Gasteiger partial charge in [-0.1, -0.05) is 66.7 Å². The van der Waals surface area contributed by atoms with Crippen molar-refractivity contribution in [2.45, 2.75) is 0 Å². The fourth-order valence-corrected chi connectivity index (χ4v) is 1.56. The number of hydrogen-bond donors (Lipinski definition) is 1. The molecular weight excluding hydrogens is 248 g/mol. The summed E-state index contributed by atoms with van der Waals surface area (Å²) in [6, 6.07) is 25.4. The third kappa shape index (κ3) is 4.69. The van der Waals surface area contributed by atoms with Crippen molar-refractivity contribution in [2.24, 2.45) is 0 Å². The number of benzene rings is 3. The van der Waals surface area contributed by atoms with E-state index < -0.39 is 0 Å². The van der Waals surface area contributed by atoms with Gasteiger partial charge in [0.2, 0.25) is 0 Å². The summed E-state index contributed by atoms with van der Waals surface area (Å²) in [6.45, 7) is 0. The second-order valence-corrected chi connectivity index (χ2v) is 3.68. The summed E-state index contributed by atoms with van der Waals surface area (Å²) < 4.78 is 0. The van der Waals surface area contributed by atoms with Gasteiger partial charge in [-0.15, -0.1) is 0 Å². The summed E-state index contributed by atoms with van der Waals surface area (Å²) in [4.78, 5) is 0. The maximum Gasteiger partial charge on any atom is 0.115 e. The standard InChI is InChI=1S/C10H8.C6H6O.Ca/c1-2-6-10-8-4-3-7-9(10)5-1;7-6-4-2-1-3-5-6;/h1-8H;1-5,7H;. The quantitative estimate of drug-likeness (QED) is 0.610. The molecule has 3 aromatic rings. The summed E-state index contributed by atoms with van der Waals surface area (Å²) in [5.74, 6) is 0.322. The number of fused-ring (bicyclic) bond motifs is 1. The van der Waals surface area contributed by atoms with Crippen molar-refractivity contribution in [3.05, 3.63) is 78.9 Å². The fraction of sp³-hybridized carbons (Fsp3) is 0. The fourth-order valence-electron chi connectivity index (χ4n) is 1.56. The Balaban J connectivity index is 0.000000181. The second-order valence-electron chi connectivity index (χ2n) is 3.68. The van der Waals surface area contributed by atoms with E-state index in [0.717, 1.165) is 0 Å². The summed E-state index contributed by atoms with van der Waals surface area (Å²) >= 11 is 0. The smallest absolute Gasteiger partial charge is 0.115 e. The monoisotopic (exact) mass is 262 g/mol. The maximum absolute atomic E-state index is 8.63. The van der Waals surface area contributed by atoms with Crippen molar-refractivity contribution in [3.8, 4) is 5.75 Å². The molecule has 0 spiro atoms. The topological polar surface area (TPSA) is 20.2 Å². The number of hydrogen-bond acceptors (Lipinski definition) is 1. The molecule has 0 aliphatic heterocycles. The largest absolute Gasteiger partial charge is 0.508 e. The molecule has 0 heterocycles. The van der Waals surface area contributed by atoms with Gasteiger partial charge in [0.05, 0.1) is 0 Å². The predicted octanol–water partition coefficient (Wildman–Crippen LogP) is 3.85. The minimum Gasteiger partial charge on any atom is -0.508 e. The Morgan fingerprint density at radius 3 is 1.11 bits per heavy atom. The Morgan fingerprint density at radius 1 is 0.500 bits per heavy atom. The number of phenols is 1. The molecule has 1 nitrogen and oxygen atoms in total. The normalized spacial score (nSPS) is 8.89. The molecule has 0 saturated heterocycles. The van der Waals surface area contributed by atoms with Crippen molar-refractivity contribution >= 4 is 48.5 Å². The Labute approximate surface area is 137 Å². The number of rotatable bonds is 0. The molecule has 0 bridgehead atoms. The molecule has 0 amide bonds. The van der Waals surface area contributed by atoms with E-state index in [2.05, 4.69) is 48.5 Å². The summed E-state index contributed by atoms with van der Waals surface area (Å²) in [5.41, 5.74) is 0. The minimum atomic E-state index is 0. The molecule has 0 atom stereocenters. The Morgan fingerprint density at radius 2 is 0.833 bits per heavy atom. The molecule has 1 N–H and O–H groups in total. The van der Waals surface area contributed by atoms with E-state index in [0.29, 0.717) is 5.75 Å². The Kier molecular flexibility index (Phi) is 6.81. The molecule has 0 aliphatic rings. The minimum absolute atomic E-state index is 0. The Hall–Kier alpha value is -1.02. The van der Waals surface area contributed by atoms with Crippen LogP contribution in [-0.2, 0) is 0 Å². The van der Waals surface area contributed by atoms with Gasteiger partial charge < -0.3 is 5.11 Å². The van der Waals surface area contributed by atoms with Gasteiger partial charge in [0.25, 0.3) is 0 Å². The van der Waals surface area contributed by atoms with Gasteiger partial charge in [-0.05, 0) is 22.9 Å². The van der Waals surface area contributed by atoms with Gasteiger partial charge in [-0.2, -0.15) is 0 Å². The predicted molar refractivity (Wildman–Crippen MR) is 77.8 cm³/mol. The average Bonchev–Trinajstić information content (AvgIpc) is 2.41. The molecule has 0 unspecified atom stereocenters. The number of phenolic OH excluding ortho intramolecular Hbond substituents is 1. The second kappa shape index (κ2) is 8.15. The molecule has 0 aliphatic carbocycles. The van der Waals surface area contributed by atoms with Crippen molar-refractivity contribution in [1.29, 1.82) is 0 Å². The van der Waals surface area contributed by atoms with Crippen LogP contribution in [0.5, 0.6) is 5.75 Å². The van der Waals surface area contributed by atoms with E-state index in [1.54, 1.807) is 24.3 Å². The van der Waals surface area contributed by atoms with Crippen molar-refractivity contribution in [3.63, 3.8) is 0 Å². The van der Waals surface area contributed by atoms with Crippen molar-refractivity contribution < 1.29 is 5.11 Å². The molecule has 18 heavy (non-hydrogen) atoms. The number of aromatic hydroxyl groups is 1. The van der Waals surface area contributed by atoms with Crippen LogP contribution in [0.15, 0.2) is 78.9 Å². The van der Waals surface area contributed by atoms with Crippen LogP contribution >= 0.6 is 0 Å². The molecule has 3 rings (SSSR count). The van der Waals surface area contributed by atoms with E-state index in [4.69, 9.17) is 5.11 Å². The van der Waals surface area contributed by atoms with Gasteiger partial charge in [0, 0.05) is 37.7 Å². The summed E-state index contributed by atoms with van der Waals surface area (Å²) in [7, 11) is 0. The maximum atomic E-state index is 8.63. The summed E-state index contributed by atoms with van der Waals surface area (Å²) in [6.07, 6.45) is 0. The molecule has 3 aromatic carbocycles. The molecule has 86 valence electrons. The zero-order chi connectivity index (χ0) is 11.9. The first-order chi connectivity index (χ1) is 8.36. The van der Waals surface area contributed by atoms with Crippen LogP contribution in [0.2, 0.25) is 0 Å². The van der Waals surface area contributed by atoms with Gasteiger partial charge in [-0.25, -0.2) is 0 Å². The van der Waals surface area contributed by atoms with Gasteiger partial charge >= 0.3 is 0 Å². The average molecular weight is 262 g/mol. The van der Waals surface area contributed by atoms with Gasteiger partial charge in [0.1, 0.15) is 5.75 Å². The van der Waals surface area contributed by atoms with Crippen LogP contribution < -0.4 is 0 Å². The first kappa shape index (κ1) is 15.0. The SMILES string of the molecule is Oc1ccccc1.[Ca].c1ccc2ccccc2c1. The first-order valence-corrected chi connectivity index (χ1v) is 5.54. The number of para-hydroxylation sites is 1. The van der Waals surface area contributed by atoms with Crippen molar-refractivity contribution in [1.82, 2.24) is 0 Å². The Bertz CT molecular complexity index is 513. The van der Waals surface area contributed by atoms with Crippen LogP contribution in [-0.4, -0.2) is 42.8 Å². The van der Waals surface area contributed by atoms with Crippen LogP contribution in [0.25, 0.3) is 10.8 Å². The van der Waals surface area contributed by atoms with E-state index in [1.165, 1.54) is 10.8 Å². The van der Waals surface area contributed by atoms with E-state index in [1.807, 2.05) is 6.07 Å². The van der Waals surface area contributed by atoms with Crippen LogP contribution in [0.3, 0.4) is 0 Å². The molecule has 0 fully saturated rings. The molecule has 0 saturated carbocycles. The van der Waals surface area contributed by atoms with Gasteiger partial charge in [0.15, 0.2) is 0 Å². The first-order valence-electron chi connectivity index (χ1n) is 5.54. The third-order valence-corrected chi connectivity index (χ3v) is 2.41. The van der Waals surface area contributed by atoms with E-state index in [-0.39, 0.29) is 37.7 Å². The molecule has 2 radical (unpaired) electrons. The van der Waals surface area contributed by atoms with Gasteiger partial charge in [-0.3, -0.25) is 0 Å². The van der Waals surface area contributed by atoms with Crippen LogP contribution in [0.1, 0.15) is 0 Å². The molecule has 0 aromatic heterocycles. The zero-order valence-corrected chi connectivity index (χ0v) is 12.4.